The fraction of sp³-hybridized carbons (Fsp3) is 1.00. The first-order valence-corrected chi connectivity index (χ1v) is 2.97. The summed E-state index contributed by atoms with van der Waals surface area (Å²) in [6.45, 7) is 1.97. The van der Waals surface area contributed by atoms with Gasteiger partial charge in [-0.25, -0.2) is 0 Å². The SMILES string of the molecule is BC1CCOCC1. The van der Waals surface area contributed by atoms with Crippen LogP contribution in [0.15, 0.2) is 0 Å². The molecular weight excluding hydrogens is 86.9 g/mol. The Bertz CT molecular complexity index is 50.0. The van der Waals surface area contributed by atoms with Crippen LogP contribution < -0.4 is 0 Å². The van der Waals surface area contributed by atoms with Crippen molar-refractivity contribution < 1.29 is 4.74 Å². The second kappa shape index (κ2) is 2.36. The van der Waals surface area contributed by atoms with Crippen LogP contribution in [-0.2, 0) is 4.74 Å². The van der Waals surface area contributed by atoms with Gasteiger partial charge in [-0.3, -0.25) is 0 Å². The van der Waals surface area contributed by atoms with E-state index in [4.69, 9.17) is 4.74 Å². The van der Waals surface area contributed by atoms with Gasteiger partial charge in [0.05, 0.1) is 0 Å². The molecule has 0 unspecified atom stereocenters. The van der Waals surface area contributed by atoms with Crippen LogP contribution in [0.2, 0.25) is 5.82 Å². The zero-order valence-electron chi connectivity index (χ0n) is 4.81. The van der Waals surface area contributed by atoms with Gasteiger partial charge in [-0.15, -0.1) is 0 Å². The van der Waals surface area contributed by atoms with E-state index < -0.39 is 0 Å². The number of hydrogen-bond donors (Lipinski definition) is 0. The van der Waals surface area contributed by atoms with Gasteiger partial charge in [0.2, 0.25) is 0 Å². The molecule has 7 heavy (non-hydrogen) atoms. The first-order valence-electron chi connectivity index (χ1n) is 2.97. The van der Waals surface area contributed by atoms with Crippen molar-refractivity contribution in [3.05, 3.63) is 0 Å². The lowest BCUT2D eigenvalue weighted by Gasteiger charge is -2.16. The molecule has 1 nitrogen and oxygen atoms in total. The number of rotatable bonds is 0. The normalized spacial score (nSPS) is 25.1. The summed E-state index contributed by atoms with van der Waals surface area (Å²) >= 11 is 0. The van der Waals surface area contributed by atoms with Crippen molar-refractivity contribution in [3.8, 4) is 0 Å². The maximum Gasteiger partial charge on any atom is 0.105 e. The van der Waals surface area contributed by atoms with Gasteiger partial charge in [0, 0.05) is 13.2 Å². The van der Waals surface area contributed by atoms with E-state index in [1.165, 1.54) is 12.8 Å². The van der Waals surface area contributed by atoms with E-state index >= 15 is 0 Å². The highest BCUT2D eigenvalue weighted by Crippen LogP contribution is 2.15. The average Bonchev–Trinajstić information content (AvgIpc) is 1.69. The molecule has 0 aromatic heterocycles. The molecule has 2 heteroatoms. The molecule has 0 aliphatic carbocycles. The Kier molecular flexibility index (Phi) is 1.74. The average molecular weight is 98.0 g/mol. The molecule has 0 aromatic rings. The second-order valence-corrected chi connectivity index (χ2v) is 2.29. The van der Waals surface area contributed by atoms with E-state index in [-0.39, 0.29) is 0 Å². The van der Waals surface area contributed by atoms with Crippen molar-refractivity contribution in [1.29, 1.82) is 0 Å². The van der Waals surface area contributed by atoms with Gasteiger partial charge in [-0.05, 0) is 12.8 Å². The van der Waals surface area contributed by atoms with Gasteiger partial charge in [0.25, 0.3) is 0 Å². The Morgan fingerprint density at radius 3 is 2.14 bits per heavy atom. The first-order chi connectivity index (χ1) is 3.39. The van der Waals surface area contributed by atoms with E-state index in [2.05, 4.69) is 7.85 Å². The third-order valence-corrected chi connectivity index (χ3v) is 1.51. The molecule has 1 saturated heterocycles. The van der Waals surface area contributed by atoms with E-state index in [0.717, 1.165) is 19.0 Å². The van der Waals surface area contributed by atoms with E-state index in [1.807, 2.05) is 0 Å². The largest absolute Gasteiger partial charge is 0.381 e. The zero-order valence-corrected chi connectivity index (χ0v) is 4.81. The smallest absolute Gasteiger partial charge is 0.105 e. The Labute approximate surface area is 45.5 Å². The molecule has 0 saturated carbocycles. The molecule has 0 radical (unpaired) electrons. The van der Waals surface area contributed by atoms with Crippen LogP contribution in [0.5, 0.6) is 0 Å². The maximum atomic E-state index is 5.14. The fourth-order valence-corrected chi connectivity index (χ4v) is 0.815. The monoisotopic (exact) mass is 98.1 g/mol. The molecule has 1 heterocycles. The van der Waals surface area contributed by atoms with Gasteiger partial charge in [0.1, 0.15) is 7.85 Å². The number of ether oxygens (including phenoxy) is 1. The van der Waals surface area contributed by atoms with Gasteiger partial charge < -0.3 is 4.74 Å². The van der Waals surface area contributed by atoms with E-state index in [1.54, 1.807) is 0 Å². The molecule has 1 aliphatic rings. The minimum absolute atomic E-state index is 0.911. The first kappa shape index (κ1) is 5.17. The van der Waals surface area contributed by atoms with Crippen molar-refractivity contribution in [2.45, 2.75) is 18.7 Å². The zero-order chi connectivity index (χ0) is 5.11. The van der Waals surface area contributed by atoms with Crippen molar-refractivity contribution in [2.75, 3.05) is 13.2 Å². The molecular formula is C5H11BO. The van der Waals surface area contributed by atoms with Crippen molar-refractivity contribution in [3.63, 3.8) is 0 Å². The topological polar surface area (TPSA) is 9.23 Å². The summed E-state index contributed by atoms with van der Waals surface area (Å²) in [7, 11) is 2.28. The third-order valence-electron chi connectivity index (χ3n) is 1.51. The van der Waals surface area contributed by atoms with E-state index in [9.17, 15) is 0 Å². The second-order valence-electron chi connectivity index (χ2n) is 2.29. The van der Waals surface area contributed by atoms with Crippen LogP contribution in [0.25, 0.3) is 0 Å². The molecule has 1 aliphatic heterocycles. The summed E-state index contributed by atoms with van der Waals surface area (Å²) in [4.78, 5) is 0. The third kappa shape index (κ3) is 1.52. The summed E-state index contributed by atoms with van der Waals surface area (Å²) in [6.07, 6.45) is 2.53. The highest BCUT2D eigenvalue weighted by molar-refractivity contribution is 6.11. The van der Waals surface area contributed by atoms with Gasteiger partial charge in [-0.2, -0.15) is 0 Å². The summed E-state index contributed by atoms with van der Waals surface area (Å²) in [5.74, 6) is 0.911. The lowest BCUT2D eigenvalue weighted by Crippen LogP contribution is -2.10. The highest BCUT2D eigenvalue weighted by Gasteiger charge is 2.06. The lowest BCUT2D eigenvalue weighted by molar-refractivity contribution is 0.0974. The maximum absolute atomic E-state index is 5.14. The minimum atomic E-state index is 0.911. The molecule has 1 rings (SSSR count). The summed E-state index contributed by atoms with van der Waals surface area (Å²) in [6, 6.07) is 0. The van der Waals surface area contributed by atoms with Crippen molar-refractivity contribution in [1.82, 2.24) is 0 Å². The van der Waals surface area contributed by atoms with Crippen LogP contribution in [-0.4, -0.2) is 21.1 Å². The summed E-state index contributed by atoms with van der Waals surface area (Å²) < 4.78 is 5.14. The lowest BCUT2D eigenvalue weighted by atomic mass is 9.81. The van der Waals surface area contributed by atoms with Crippen LogP contribution >= 0.6 is 0 Å². The van der Waals surface area contributed by atoms with E-state index in [0.29, 0.717) is 0 Å². The van der Waals surface area contributed by atoms with Crippen molar-refractivity contribution >= 4 is 7.85 Å². The molecule has 0 atom stereocenters. The predicted molar refractivity (Wildman–Crippen MR) is 32.3 cm³/mol. The highest BCUT2D eigenvalue weighted by atomic mass is 16.5. The Balaban J connectivity index is 2.12. The Morgan fingerprint density at radius 2 is 1.86 bits per heavy atom. The predicted octanol–water partition coefficient (Wildman–Crippen LogP) is 0.218. The molecule has 0 N–H and O–H groups in total. The molecule has 40 valence electrons. The van der Waals surface area contributed by atoms with Crippen LogP contribution in [0.3, 0.4) is 0 Å². The van der Waals surface area contributed by atoms with Gasteiger partial charge >= 0.3 is 0 Å². The van der Waals surface area contributed by atoms with Crippen molar-refractivity contribution in [2.24, 2.45) is 0 Å². The molecule has 0 aromatic carbocycles. The minimum Gasteiger partial charge on any atom is -0.381 e. The summed E-state index contributed by atoms with van der Waals surface area (Å²) in [5, 5.41) is 0. The quantitative estimate of drug-likeness (QED) is 0.394. The van der Waals surface area contributed by atoms with Crippen LogP contribution in [0, 0.1) is 0 Å². The summed E-state index contributed by atoms with van der Waals surface area (Å²) in [5.41, 5.74) is 0. The molecule has 1 fully saturated rings. The molecule has 0 bridgehead atoms. The fourth-order valence-electron chi connectivity index (χ4n) is 0.815. The Morgan fingerprint density at radius 1 is 1.29 bits per heavy atom. The molecule has 0 amide bonds. The molecule has 0 spiro atoms. The Hall–Kier alpha value is 0.0249. The van der Waals surface area contributed by atoms with Gasteiger partial charge in [-0.1, -0.05) is 5.82 Å². The number of hydrogen-bond acceptors (Lipinski definition) is 1. The van der Waals surface area contributed by atoms with Crippen LogP contribution in [0.4, 0.5) is 0 Å². The van der Waals surface area contributed by atoms with Gasteiger partial charge in [0.15, 0.2) is 0 Å². The van der Waals surface area contributed by atoms with Crippen LogP contribution in [0.1, 0.15) is 12.8 Å². The standard InChI is InChI=1S/C5H11BO/c6-5-1-3-7-4-2-5/h5H,1-4,6H2.